The molecule has 0 unspecified atom stereocenters. The molecule has 0 spiro atoms. The number of rotatable bonds is 3. The van der Waals surface area contributed by atoms with E-state index in [4.69, 9.17) is 0 Å². The fourth-order valence-electron chi connectivity index (χ4n) is 1.46. The minimum atomic E-state index is -0.224. The van der Waals surface area contributed by atoms with Crippen molar-refractivity contribution in [2.45, 2.75) is 6.42 Å². The fraction of sp³-hybridized carbons (Fsp3) is 0.273. The van der Waals surface area contributed by atoms with Gasteiger partial charge in [-0.3, -0.25) is 4.68 Å². The number of hydrogen-bond acceptors (Lipinski definition) is 3. The summed E-state index contributed by atoms with van der Waals surface area (Å²) >= 11 is 0. The highest BCUT2D eigenvalue weighted by atomic mass is 19.1. The maximum Gasteiger partial charge on any atom is 0.242 e. The van der Waals surface area contributed by atoms with E-state index >= 15 is 0 Å². The molecule has 0 aliphatic rings. The van der Waals surface area contributed by atoms with Gasteiger partial charge in [-0.05, 0) is 17.7 Å². The van der Waals surface area contributed by atoms with E-state index in [9.17, 15) is 4.39 Å². The summed E-state index contributed by atoms with van der Waals surface area (Å²) in [5, 5.41) is 7.04. The summed E-state index contributed by atoms with van der Waals surface area (Å²) in [6.45, 7) is 0. The summed E-state index contributed by atoms with van der Waals surface area (Å²) in [5.74, 6) is 1.22. The number of nitrogens with one attached hydrogen (secondary N) is 1. The fourth-order valence-corrected chi connectivity index (χ4v) is 1.46. The molecule has 0 bridgehead atoms. The Morgan fingerprint density at radius 3 is 2.56 bits per heavy atom. The molecule has 4 nitrogen and oxygen atoms in total. The lowest BCUT2D eigenvalue weighted by Crippen LogP contribution is -2.00. The van der Waals surface area contributed by atoms with E-state index < -0.39 is 0 Å². The van der Waals surface area contributed by atoms with Crippen LogP contribution in [0.4, 0.5) is 10.3 Å². The van der Waals surface area contributed by atoms with Gasteiger partial charge in [0.25, 0.3) is 0 Å². The van der Waals surface area contributed by atoms with Crippen molar-refractivity contribution in [2.75, 3.05) is 12.4 Å². The zero-order valence-electron chi connectivity index (χ0n) is 9.24. The van der Waals surface area contributed by atoms with Gasteiger partial charge in [0.1, 0.15) is 11.6 Å². The van der Waals surface area contributed by atoms with Crippen LogP contribution in [0, 0.1) is 5.82 Å². The van der Waals surface area contributed by atoms with Gasteiger partial charge in [0.2, 0.25) is 5.95 Å². The smallest absolute Gasteiger partial charge is 0.242 e. The average molecular weight is 220 g/mol. The third-order valence-corrected chi connectivity index (χ3v) is 2.35. The third kappa shape index (κ3) is 2.18. The van der Waals surface area contributed by atoms with Crippen molar-refractivity contribution in [1.29, 1.82) is 0 Å². The first-order valence-electron chi connectivity index (χ1n) is 5.01. The molecule has 16 heavy (non-hydrogen) atoms. The van der Waals surface area contributed by atoms with E-state index in [1.165, 1.54) is 12.1 Å². The Morgan fingerprint density at radius 1 is 1.31 bits per heavy atom. The van der Waals surface area contributed by atoms with Crippen LogP contribution in [0.3, 0.4) is 0 Å². The molecule has 0 aliphatic heterocycles. The van der Waals surface area contributed by atoms with Gasteiger partial charge in [-0.15, -0.1) is 5.10 Å². The van der Waals surface area contributed by atoms with Crippen LogP contribution in [0.5, 0.6) is 0 Å². The van der Waals surface area contributed by atoms with Crippen molar-refractivity contribution in [2.24, 2.45) is 7.05 Å². The zero-order valence-corrected chi connectivity index (χ0v) is 9.24. The number of nitrogens with zero attached hydrogens (tertiary/aromatic N) is 3. The second-order valence-electron chi connectivity index (χ2n) is 3.53. The van der Waals surface area contributed by atoms with E-state index in [0.717, 1.165) is 11.4 Å². The standard InChI is InChI=1S/C11H13FN4/c1-13-11-14-10(16(2)15-11)7-8-3-5-9(12)6-4-8/h3-6H,7H2,1-2H3,(H,13,15). The number of aromatic nitrogens is 3. The van der Waals surface area contributed by atoms with E-state index in [-0.39, 0.29) is 5.82 Å². The van der Waals surface area contributed by atoms with Crippen molar-refractivity contribution >= 4 is 5.95 Å². The van der Waals surface area contributed by atoms with Crippen molar-refractivity contribution in [3.8, 4) is 0 Å². The maximum absolute atomic E-state index is 12.7. The Balaban J connectivity index is 2.19. The third-order valence-electron chi connectivity index (χ3n) is 2.35. The second-order valence-corrected chi connectivity index (χ2v) is 3.53. The van der Waals surface area contributed by atoms with Crippen LogP contribution >= 0.6 is 0 Å². The summed E-state index contributed by atoms with van der Waals surface area (Å²) < 4.78 is 14.4. The first-order chi connectivity index (χ1) is 7.69. The van der Waals surface area contributed by atoms with Gasteiger partial charge in [0, 0.05) is 20.5 Å². The number of anilines is 1. The van der Waals surface area contributed by atoms with Gasteiger partial charge < -0.3 is 5.32 Å². The lowest BCUT2D eigenvalue weighted by atomic mass is 10.1. The normalized spacial score (nSPS) is 10.4. The monoisotopic (exact) mass is 220 g/mol. The largest absolute Gasteiger partial charge is 0.356 e. The summed E-state index contributed by atoms with van der Waals surface area (Å²) in [5.41, 5.74) is 1.01. The minimum absolute atomic E-state index is 0.224. The Bertz CT molecular complexity index is 475. The van der Waals surface area contributed by atoms with Gasteiger partial charge in [0.15, 0.2) is 0 Å². The SMILES string of the molecule is CNc1nc(Cc2ccc(F)cc2)n(C)n1. The van der Waals surface area contributed by atoms with Crippen LogP contribution in [0.25, 0.3) is 0 Å². The average Bonchev–Trinajstić information content (AvgIpc) is 2.63. The van der Waals surface area contributed by atoms with Crippen LogP contribution in [-0.4, -0.2) is 21.8 Å². The van der Waals surface area contributed by atoms with Crippen molar-refractivity contribution < 1.29 is 4.39 Å². The summed E-state index contributed by atoms with van der Waals surface area (Å²) in [6.07, 6.45) is 0.644. The van der Waals surface area contributed by atoms with Crippen molar-refractivity contribution in [3.05, 3.63) is 41.5 Å². The summed E-state index contributed by atoms with van der Waals surface area (Å²) in [4.78, 5) is 4.29. The molecule has 0 atom stereocenters. The topological polar surface area (TPSA) is 42.7 Å². The van der Waals surface area contributed by atoms with E-state index in [2.05, 4.69) is 15.4 Å². The second kappa shape index (κ2) is 4.30. The molecule has 5 heteroatoms. The highest BCUT2D eigenvalue weighted by Gasteiger charge is 2.06. The number of hydrogen-bond donors (Lipinski definition) is 1. The molecule has 1 heterocycles. The Kier molecular flexibility index (Phi) is 2.85. The molecule has 1 N–H and O–H groups in total. The molecule has 0 amide bonds. The molecule has 0 radical (unpaired) electrons. The predicted molar refractivity (Wildman–Crippen MR) is 59.8 cm³/mol. The van der Waals surface area contributed by atoms with Gasteiger partial charge in [-0.25, -0.2) is 4.39 Å². The van der Waals surface area contributed by atoms with Crippen LogP contribution < -0.4 is 5.32 Å². The first-order valence-corrected chi connectivity index (χ1v) is 5.01. The van der Waals surface area contributed by atoms with Gasteiger partial charge >= 0.3 is 0 Å². The molecule has 2 aromatic rings. The lowest BCUT2D eigenvalue weighted by molar-refractivity contribution is 0.627. The molecule has 84 valence electrons. The number of halogens is 1. The maximum atomic E-state index is 12.7. The Morgan fingerprint density at radius 2 is 2.00 bits per heavy atom. The van der Waals surface area contributed by atoms with Crippen LogP contribution in [-0.2, 0) is 13.5 Å². The number of benzene rings is 1. The quantitative estimate of drug-likeness (QED) is 0.854. The molecular weight excluding hydrogens is 207 g/mol. The number of aryl methyl sites for hydroxylation is 1. The lowest BCUT2D eigenvalue weighted by Gasteiger charge is -2.00. The molecule has 0 aliphatic carbocycles. The predicted octanol–water partition coefficient (Wildman–Crippen LogP) is 1.59. The molecule has 0 saturated heterocycles. The van der Waals surface area contributed by atoms with Gasteiger partial charge in [-0.1, -0.05) is 12.1 Å². The Hall–Kier alpha value is -1.91. The van der Waals surface area contributed by atoms with Gasteiger partial charge in [-0.2, -0.15) is 4.98 Å². The van der Waals surface area contributed by atoms with Crippen LogP contribution in [0.2, 0.25) is 0 Å². The zero-order chi connectivity index (χ0) is 11.5. The summed E-state index contributed by atoms with van der Waals surface area (Å²) in [7, 11) is 3.61. The van der Waals surface area contributed by atoms with Crippen molar-refractivity contribution in [1.82, 2.24) is 14.8 Å². The van der Waals surface area contributed by atoms with Crippen LogP contribution in [0.15, 0.2) is 24.3 Å². The molecular formula is C11H13FN4. The minimum Gasteiger partial charge on any atom is -0.356 e. The molecule has 0 fully saturated rings. The van der Waals surface area contributed by atoms with E-state index in [1.807, 2.05) is 7.05 Å². The first kappa shape index (κ1) is 10.6. The highest BCUT2D eigenvalue weighted by molar-refractivity contribution is 5.25. The Labute approximate surface area is 93.1 Å². The molecule has 1 aromatic carbocycles. The summed E-state index contributed by atoms with van der Waals surface area (Å²) in [6, 6.07) is 6.40. The molecule has 1 aromatic heterocycles. The van der Waals surface area contributed by atoms with E-state index in [0.29, 0.717) is 12.4 Å². The van der Waals surface area contributed by atoms with Crippen molar-refractivity contribution in [3.63, 3.8) is 0 Å². The van der Waals surface area contributed by atoms with Crippen LogP contribution in [0.1, 0.15) is 11.4 Å². The van der Waals surface area contributed by atoms with Gasteiger partial charge in [0.05, 0.1) is 0 Å². The molecule has 0 saturated carbocycles. The van der Waals surface area contributed by atoms with E-state index in [1.54, 1.807) is 23.9 Å². The molecule has 2 rings (SSSR count). The highest BCUT2D eigenvalue weighted by Crippen LogP contribution is 2.09.